The van der Waals surface area contributed by atoms with Crippen LogP contribution in [0, 0.1) is 11.2 Å². The molecule has 0 N–H and O–H groups in total. The predicted molar refractivity (Wildman–Crippen MR) is 105 cm³/mol. The molecule has 2 aromatic carbocycles. The Morgan fingerprint density at radius 2 is 1.54 bits per heavy atom. The summed E-state index contributed by atoms with van der Waals surface area (Å²) in [5, 5.41) is 0. The normalized spacial score (nSPS) is 27.5. The Morgan fingerprint density at radius 3 is 2.12 bits per heavy atom. The number of benzene rings is 2. The van der Waals surface area contributed by atoms with Crippen molar-refractivity contribution >= 4 is 0 Å². The second kappa shape index (κ2) is 6.72. The van der Waals surface area contributed by atoms with Gasteiger partial charge in [0.2, 0.25) is 0 Å². The van der Waals surface area contributed by atoms with Crippen molar-refractivity contribution in [2.24, 2.45) is 5.41 Å². The molecule has 0 radical (unpaired) electrons. The Morgan fingerprint density at radius 1 is 0.885 bits per heavy atom. The molecular formula is C24H29FO. The van der Waals surface area contributed by atoms with E-state index in [-0.39, 0.29) is 11.2 Å². The van der Waals surface area contributed by atoms with Gasteiger partial charge in [0.05, 0.1) is 6.61 Å². The zero-order valence-electron chi connectivity index (χ0n) is 16.0. The number of halogens is 1. The summed E-state index contributed by atoms with van der Waals surface area (Å²) in [6, 6.07) is 13.8. The molecule has 2 bridgehead atoms. The van der Waals surface area contributed by atoms with Gasteiger partial charge in [0.1, 0.15) is 11.6 Å². The van der Waals surface area contributed by atoms with E-state index >= 15 is 4.39 Å². The molecule has 3 saturated carbocycles. The van der Waals surface area contributed by atoms with Crippen LogP contribution in [0.1, 0.15) is 64.4 Å². The van der Waals surface area contributed by atoms with Crippen molar-refractivity contribution in [1.82, 2.24) is 0 Å². The van der Waals surface area contributed by atoms with Crippen molar-refractivity contribution in [2.75, 3.05) is 6.61 Å². The topological polar surface area (TPSA) is 9.23 Å². The maximum atomic E-state index is 15.6. The van der Waals surface area contributed by atoms with Gasteiger partial charge in [0.15, 0.2) is 0 Å². The molecule has 0 aliphatic heterocycles. The summed E-state index contributed by atoms with van der Waals surface area (Å²) in [6.07, 6.45) is 8.49. The van der Waals surface area contributed by atoms with Crippen LogP contribution < -0.4 is 4.74 Å². The van der Waals surface area contributed by atoms with Crippen LogP contribution in [0.25, 0.3) is 11.1 Å². The molecule has 0 unspecified atom stereocenters. The third-order valence-corrected chi connectivity index (χ3v) is 7.20. The summed E-state index contributed by atoms with van der Waals surface area (Å²) in [6.45, 7) is 4.94. The lowest BCUT2D eigenvalue weighted by molar-refractivity contribution is 0.0350. The molecular weight excluding hydrogens is 323 g/mol. The fourth-order valence-electron chi connectivity index (χ4n) is 5.26. The minimum absolute atomic E-state index is 0.0115. The van der Waals surface area contributed by atoms with Gasteiger partial charge < -0.3 is 4.74 Å². The lowest BCUT2D eigenvalue weighted by Crippen LogP contribution is -2.44. The van der Waals surface area contributed by atoms with Gasteiger partial charge in [-0.3, -0.25) is 0 Å². The van der Waals surface area contributed by atoms with E-state index in [0.717, 1.165) is 41.7 Å². The molecule has 0 saturated heterocycles. The summed E-state index contributed by atoms with van der Waals surface area (Å²) in [5.41, 5.74) is 3.21. The van der Waals surface area contributed by atoms with E-state index in [1.165, 1.54) is 25.7 Å². The Labute approximate surface area is 156 Å². The van der Waals surface area contributed by atoms with Gasteiger partial charge in [-0.25, -0.2) is 4.39 Å². The van der Waals surface area contributed by atoms with Crippen molar-refractivity contribution in [3.05, 3.63) is 53.8 Å². The van der Waals surface area contributed by atoms with E-state index in [9.17, 15) is 0 Å². The maximum Gasteiger partial charge on any atom is 0.134 e. The third-order valence-electron chi connectivity index (χ3n) is 7.20. The van der Waals surface area contributed by atoms with Crippen LogP contribution in [0.15, 0.2) is 42.5 Å². The quantitative estimate of drug-likeness (QED) is 0.569. The van der Waals surface area contributed by atoms with Crippen molar-refractivity contribution in [3.63, 3.8) is 0 Å². The molecule has 0 aromatic heterocycles. The Kier molecular flexibility index (Phi) is 4.54. The fraction of sp³-hybridized carbons (Fsp3) is 0.500. The lowest BCUT2D eigenvalue weighted by Gasteiger charge is -2.54. The molecule has 0 amide bonds. The second-order valence-corrected chi connectivity index (χ2v) is 8.26. The zero-order chi connectivity index (χ0) is 18.2. The highest BCUT2D eigenvalue weighted by Crippen LogP contribution is 2.59. The predicted octanol–water partition coefficient (Wildman–Crippen LogP) is 6.89. The van der Waals surface area contributed by atoms with Crippen LogP contribution in [-0.2, 0) is 5.41 Å². The first kappa shape index (κ1) is 17.6. The second-order valence-electron chi connectivity index (χ2n) is 8.26. The van der Waals surface area contributed by atoms with Crippen LogP contribution in [0.3, 0.4) is 0 Å². The molecule has 2 aromatic rings. The molecule has 0 spiro atoms. The fourth-order valence-corrected chi connectivity index (χ4v) is 5.26. The minimum atomic E-state index is -0.0115. The molecule has 138 valence electrons. The summed E-state index contributed by atoms with van der Waals surface area (Å²) >= 11 is 0. The molecule has 1 nitrogen and oxygen atoms in total. The average Bonchev–Trinajstić information content (AvgIpc) is 2.70. The first-order chi connectivity index (χ1) is 12.6. The number of hydrogen-bond acceptors (Lipinski definition) is 1. The highest BCUT2D eigenvalue weighted by Gasteiger charge is 2.49. The SMILES string of the molecule is CCOc1ccc(-c2cccc(C34CCC(CC)(CC3)CC4)c2F)cc1. The Bertz CT molecular complexity index is 753. The van der Waals surface area contributed by atoms with Crippen LogP contribution in [0.5, 0.6) is 5.75 Å². The largest absolute Gasteiger partial charge is 0.494 e. The number of ether oxygens (including phenoxy) is 1. The van der Waals surface area contributed by atoms with Gasteiger partial charge in [-0.15, -0.1) is 0 Å². The monoisotopic (exact) mass is 352 g/mol. The zero-order valence-corrected chi connectivity index (χ0v) is 16.0. The third kappa shape index (κ3) is 2.84. The molecule has 2 heteroatoms. The average molecular weight is 352 g/mol. The van der Waals surface area contributed by atoms with Crippen molar-refractivity contribution in [2.45, 2.75) is 64.2 Å². The van der Waals surface area contributed by atoms with Gasteiger partial charge in [0.25, 0.3) is 0 Å². The van der Waals surface area contributed by atoms with Gasteiger partial charge in [-0.2, -0.15) is 0 Å². The Hall–Kier alpha value is -1.83. The minimum Gasteiger partial charge on any atom is -0.494 e. The first-order valence-corrected chi connectivity index (χ1v) is 10.1. The van der Waals surface area contributed by atoms with E-state index in [2.05, 4.69) is 6.92 Å². The molecule has 0 heterocycles. The van der Waals surface area contributed by atoms with Crippen LogP contribution in [0.4, 0.5) is 4.39 Å². The van der Waals surface area contributed by atoms with Gasteiger partial charge >= 0.3 is 0 Å². The summed E-state index contributed by atoms with van der Waals surface area (Å²) in [5.74, 6) is 0.824. The summed E-state index contributed by atoms with van der Waals surface area (Å²) in [4.78, 5) is 0. The van der Waals surface area contributed by atoms with E-state index in [0.29, 0.717) is 12.0 Å². The van der Waals surface area contributed by atoms with Gasteiger partial charge in [-0.05, 0) is 79.5 Å². The van der Waals surface area contributed by atoms with Crippen molar-refractivity contribution in [3.8, 4) is 16.9 Å². The smallest absolute Gasteiger partial charge is 0.134 e. The van der Waals surface area contributed by atoms with E-state index in [1.54, 1.807) is 0 Å². The number of fused-ring (bicyclic) bond motifs is 3. The van der Waals surface area contributed by atoms with E-state index in [4.69, 9.17) is 4.74 Å². The van der Waals surface area contributed by atoms with Crippen LogP contribution in [-0.4, -0.2) is 6.61 Å². The molecule has 26 heavy (non-hydrogen) atoms. The molecule has 3 aliphatic carbocycles. The highest BCUT2D eigenvalue weighted by molar-refractivity contribution is 5.66. The van der Waals surface area contributed by atoms with E-state index in [1.807, 2.05) is 49.4 Å². The highest BCUT2D eigenvalue weighted by atomic mass is 19.1. The Balaban J connectivity index is 1.67. The van der Waals surface area contributed by atoms with Crippen molar-refractivity contribution in [1.29, 1.82) is 0 Å². The summed E-state index contributed by atoms with van der Waals surface area (Å²) in [7, 11) is 0. The number of rotatable bonds is 5. The summed E-state index contributed by atoms with van der Waals surface area (Å²) < 4.78 is 21.1. The van der Waals surface area contributed by atoms with E-state index < -0.39 is 0 Å². The molecule has 3 aliphatic rings. The number of hydrogen-bond donors (Lipinski definition) is 0. The molecule has 5 rings (SSSR count). The maximum absolute atomic E-state index is 15.6. The van der Waals surface area contributed by atoms with Gasteiger partial charge in [0, 0.05) is 5.56 Å². The standard InChI is InChI=1S/C24H29FO/c1-3-23-12-15-24(16-13-23,17-14-23)21-7-5-6-20(22(21)25)18-8-10-19(11-9-18)26-4-2/h5-11H,3-4,12-17H2,1-2H3. The van der Waals surface area contributed by atoms with Crippen LogP contribution in [0.2, 0.25) is 0 Å². The lowest BCUT2D eigenvalue weighted by atomic mass is 9.51. The van der Waals surface area contributed by atoms with Gasteiger partial charge in [-0.1, -0.05) is 43.7 Å². The molecule has 3 fully saturated rings. The molecule has 0 atom stereocenters. The van der Waals surface area contributed by atoms with Crippen LogP contribution >= 0.6 is 0 Å². The van der Waals surface area contributed by atoms with Crippen molar-refractivity contribution < 1.29 is 9.13 Å². The first-order valence-electron chi connectivity index (χ1n) is 10.1.